The van der Waals surface area contributed by atoms with Crippen LogP contribution in [-0.2, 0) is 12.8 Å². The van der Waals surface area contributed by atoms with E-state index in [0.29, 0.717) is 13.2 Å². The largest absolute Gasteiger partial charge is 0.493 e. The number of aryl methyl sites for hydroxylation is 2. The highest BCUT2D eigenvalue weighted by molar-refractivity contribution is 9.10. The third-order valence-corrected chi connectivity index (χ3v) is 4.73. The molecule has 0 fully saturated rings. The van der Waals surface area contributed by atoms with Gasteiger partial charge in [0.25, 0.3) is 0 Å². The van der Waals surface area contributed by atoms with Crippen molar-refractivity contribution in [3.63, 3.8) is 0 Å². The summed E-state index contributed by atoms with van der Waals surface area (Å²) in [6, 6.07) is 12.5. The molecule has 1 aliphatic heterocycles. The lowest BCUT2D eigenvalue weighted by molar-refractivity contribution is 0.243. The van der Waals surface area contributed by atoms with E-state index in [1.54, 1.807) is 0 Å². The molecule has 0 radical (unpaired) electrons. The average Bonchev–Trinajstić information content (AvgIpc) is 2.49. The Morgan fingerprint density at radius 2 is 1.18 bits per heavy atom. The van der Waals surface area contributed by atoms with Crippen LogP contribution in [0.1, 0.15) is 24.0 Å². The van der Waals surface area contributed by atoms with Gasteiger partial charge in [-0.1, -0.05) is 31.9 Å². The maximum Gasteiger partial charge on any atom is 0.122 e. The summed E-state index contributed by atoms with van der Waals surface area (Å²) in [6.45, 7) is 1.36. The first-order chi connectivity index (χ1) is 10.7. The van der Waals surface area contributed by atoms with Crippen LogP contribution >= 0.6 is 31.9 Å². The lowest BCUT2D eigenvalue weighted by Crippen LogP contribution is -2.08. The zero-order valence-electron chi connectivity index (χ0n) is 12.3. The molecule has 0 N–H and O–H groups in total. The van der Waals surface area contributed by atoms with Crippen molar-refractivity contribution < 1.29 is 9.47 Å². The molecule has 3 rings (SSSR count). The summed E-state index contributed by atoms with van der Waals surface area (Å²) in [5.74, 6) is 2.00. The van der Waals surface area contributed by atoms with E-state index < -0.39 is 0 Å². The quantitative estimate of drug-likeness (QED) is 0.550. The first-order valence-electron chi connectivity index (χ1n) is 7.55. The summed E-state index contributed by atoms with van der Waals surface area (Å²) < 4.78 is 14.0. The van der Waals surface area contributed by atoms with Gasteiger partial charge in [0.1, 0.15) is 11.5 Å². The van der Waals surface area contributed by atoms with Crippen molar-refractivity contribution in [1.82, 2.24) is 0 Å². The van der Waals surface area contributed by atoms with Crippen molar-refractivity contribution in [2.75, 3.05) is 13.2 Å². The fourth-order valence-corrected chi connectivity index (χ4v) is 3.48. The van der Waals surface area contributed by atoms with Gasteiger partial charge >= 0.3 is 0 Å². The van der Waals surface area contributed by atoms with E-state index in [2.05, 4.69) is 56.1 Å². The van der Waals surface area contributed by atoms with Crippen LogP contribution in [0.3, 0.4) is 0 Å². The van der Waals surface area contributed by atoms with Gasteiger partial charge in [0.05, 0.1) is 13.2 Å². The minimum absolute atomic E-state index is 0.681. The standard InChI is InChI=1S/C18H18Br2O2/c19-15-5-7-17-13(11-15)3-1-4-14-12-16(20)6-8-18(14)22-10-2-9-21-17/h5-8,11-12H,1-4,9-10H2. The molecule has 0 atom stereocenters. The summed E-state index contributed by atoms with van der Waals surface area (Å²) in [7, 11) is 0. The van der Waals surface area contributed by atoms with Crippen LogP contribution in [0.4, 0.5) is 0 Å². The summed E-state index contributed by atoms with van der Waals surface area (Å²) in [5.41, 5.74) is 2.54. The molecule has 0 bridgehead atoms. The second kappa shape index (κ2) is 7.51. The topological polar surface area (TPSA) is 18.5 Å². The first kappa shape index (κ1) is 15.9. The molecule has 0 saturated heterocycles. The van der Waals surface area contributed by atoms with E-state index in [1.807, 2.05) is 12.1 Å². The Labute approximate surface area is 148 Å². The molecule has 4 heteroatoms. The van der Waals surface area contributed by atoms with Crippen molar-refractivity contribution >= 4 is 31.9 Å². The average molecular weight is 426 g/mol. The van der Waals surface area contributed by atoms with Gasteiger partial charge in [0.15, 0.2) is 0 Å². The van der Waals surface area contributed by atoms with Crippen molar-refractivity contribution in [1.29, 1.82) is 0 Å². The third kappa shape index (κ3) is 4.05. The number of hydrogen-bond acceptors (Lipinski definition) is 2. The Balaban J connectivity index is 1.83. The summed E-state index contributed by atoms with van der Waals surface area (Å²) >= 11 is 7.10. The van der Waals surface area contributed by atoms with Crippen LogP contribution in [0, 0.1) is 0 Å². The van der Waals surface area contributed by atoms with Crippen LogP contribution in [-0.4, -0.2) is 13.2 Å². The van der Waals surface area contributed by atoms with Gasteiger partial charge in [0.2, 0.25) is 0 Å². The predicted octanol–water partition coefficient (Wildman–Crippen LogP) is 5.55. The molecule has 2 aromatic rings. The van der Waals surface area contributed by atoms with Crippen LogP contribution < -0.4 is 9.47 Å². The van der Waals surface area contributed by atoms with Gasteiger partial charge < -0.3 is 9.47 Å². The normalized spacial score (nSPS) is 15.4. The summed E-state index contributed by atoms with van der Waals surface area (Å²) in [5, 5.41) is 0. The minimum atomic E-state index is 0.681. The second-order valence-corrected chi connectivity index (χ2v) is 7.24. The Bertz CT molecular complexity index is 600. The predicted molar refractivity (Wildman–Crippen MR) is 95.9 cm³/mol. The maximum absolute atomic E-state index is 5.91. The Morgan fingerprint density at radius 3 is 1.68 bits per heavy atom. The van der Waals surface area contributed by atoms with E-state index in [0.717, 1.165) is 46.1 Å². The SMILES string of the molecule is Brc1ccc2c(c1)CCCc1cc(Br)ccc1OCCCO2. The van der Waals surface area contributed by atoms with Gasteiger partial charge in [-0.25, -0.2) is 0 Å². The molecule has 2 aromatic carbocycles. The van der Waals surface area contributed by atoms with E-state index in [1.165, 1.54) is 11.1 Å². The molecule has 0 spiro atoms. The number of benzene rings is 2. The highest BCUT2D eigenvalue weighted by Gasteiger charge is 2.10. The van der Waals surface area contributed by atoms with Crippen LogP contribution in [0.15, 0.2) is 45.3 Å². The van der Waals surface area contributed by atoms with Gasteiger partial charge in [-0.05, 0) is 66.8 Å². The van der Waals surface area contributed by atoms with E-state index >= 15 is 0 Å². The molecular formula is C18H18Br2O2. The molecule has 0 aliphatic carbocycles. The zero-order valence-corrected chi connectivity index (χ0v) is 15.5. The molecule has 2 nitrogen and oxygen atoms in total. The summed E-state index contributed by atoms with van der Waals surface area (Å²) in [6.07, 6.45) is 3.95. The number of ether oxygens (including phenoxy) is 2. The van der Waals surface area contributed by atoms with E-state index in [9.17, 15) is 0 Å². The van der Waals surface area contributed by atoms with Crippen molar-refractivity contribution in [3.8, 4) is 11.5 Å². The lowest BCUT2D eigenvalue weighted by Gasteiger charge is -2.16. The molecule has 116 valence electrons. The fourth-order valence-electron chi connectivity index (χ4n) is 2.66. The van der Waals surface area contributed by atoms with Crippen LogP contribution in [0.25, 0.3) is 0 Å². The van der Waals surface area contributed by atoms with E-state index in [-0.39, 0.29) is 0 Å². The Kier molecular flexibility index (Phi) is 5.42. The zero-order chi connectivity index (χ0) is 15.4. The van der Waals surface area contributed by atoms with Crippen molar-refractivity contribution in [2.24, 2.45) is 0 Å². The number of rotatable bonds is 0. The smallest absolute Gasteiger partial charge is 0.122 e. The van der Waals surface area contributed by atoms with Crippen molar-refractivity contribution in [2.45, 2.75) is 25.7 Å². The highest BCUT2D eigenvalue weighted by Crippen LogP contribution is 2.28. The molecule has 1 aliphatic rings. The number of halogens is 2. The Morgan fingerprint density at radius 1 is 0.682 bits per heavy atom. The van der Waals surface area contributed by atoms with Gasteiger partial charge in [-0.3, -0.25) is 0 Å². The molecule has 0 amide bonds. The van der Waals surface area contributed by atoms with Crippen molar-refractivity contribution in [3.05, 3.63) is 56.5 Å². The van der Waals surface area contributed by atoms with Gasteiger partial charge in [-0.2, -0.15) is 0 Å². The fraction of sp³-hybridized carbons (Fsp3) is 0.333. The van der Waals surface area contributed by atoms with Crippen LogP contribution in [0.5, 0.6) is 11.5 Å². The molecule has 1 heterocycles. The second-order valence-electron chi connectivity index (χ2n) is 5.41. The summed E-state index contributed by atoms with van der Waals surface area (Å²) in [4.78, 5) is 0. The van der Waals surface area contributed by atoms with E-state index in [4.69, 9.17) is 9.47 Å². The third-order valence-electron chi connectivity index (χ3n) is 3.74. The molecule has 0 saturated carbocycles. The molecule has 22 heavy (non-hydrogen) atoms. The molecule has 0 unspecified atom stereocenters. The monoisotopic (exact) mass is 424 g/mol. The minimum Gasteiger partial charge on any atom is -0.493 e. The number of fused-ring (bicyclic) bond motifs is 2. The lowest BCUT2D eigenvalue weighted by atomic mass is 10.0. The van der Waals surface area contributed by atoms with Gasteiger partial charge in [-0.15, -0.1) is 0 Å². The maximum atomic E-state index is 5.91. The highest BCUT2D eigenvalue weighted by atomic mass is 79.9. The molecule has 0 aromatic heterocycles. The number of hydrogen-bond donors (Lipinski definition) is 0. The molecular weight excluding hydrogens is 408 g/mol. The van der Waals surface area contributed by atoms with Crippen LogP contribution in [0.2, 0.25) is 0 Å². The Hall–Kier alpha value is -1.00. The first-order valence-corrected chi connectivity index (χ1v) is 9.13. The van der Waals surface area contributed by atoms with Gasteiger partial charge in [0, 0.05) is 15.4 Å².